The van der Waals surface area contributed by atoms with Crippen molar-refractivity contribution in [1.29, 1.82) is 0 Å². The van der Waals surface area contributed by atoms with Gasteiger partial charge in [-0.05, 0) is 43.0 Å². The van der Waals surface area contributed by atoms with Crippen LogP contribution in [0.3, 0.4) is 0 Å². The average Bonchev–Trinajstić information content (AvgIpc) is 2.35. The van der Waals surface area contributed by atoms with Gasteiger partial charge in [0.05, 0.1) is 4.90 Å². The number of rotatable bonds is 6. The molecule has 0 N–H and O–H groups in total. The monoisotopic (exact) mass is 303 g/mol. The molecule has 0 aliphatic rings. The number of alkyl halides is 1. The van der Waals surface area contributed by atoms with E-state index in [9.17, 15) is 8.42 Å². The molecule has 0 amide bonds. The van der Waals surface area contributed by atoms with E-state index in [1.54, 1.807) is 13.1 Å². The predicted molar refractivity (Wildman–Crippen MR) is 80.2 cm³/mol. The fourth-order valence-corrected chi connectivity index (χ4v) is 3.72. The maximum atomic E-state index is 12.5. The molecule has 0 unspecified atom stereocenters. The topological polar surface area (TPSA) is 37.4 Å². The molecule has 0 aromatic heterocycles. The Morgan fingerprint density at radius 2 is 1.84 bits per heavy atom. The third kappa shape index (κ3) is 3.71. The summed E-state index contributed by atoms with van der Waals surface area (Å²) in [5.41, 5.74) is 2.67. The van der Waals surface area contributed by atoms with E-state index in [1.807, 2.05) is 26.8 Å². The number of sulfonamides is 1. The van der Waals surface area contributed by atoms with Crippen LogP contribution in [0.1, 0.15) is 36.5 Å². The van der Waals surface area contributed by atoms with Crippen molar-refractivity contribution in [2.45, 2.75) is 44.4 Å². The summed E-state index contributed by atoms with van der Waals surface area (Å²) in [6, 6.07) is 3.59. The molecule has 1 rings (SSSR count). The second-order valence-corrected chi connectivity index (χ2v) is 7.14. The first-order valence-corrected chi connectivity index (χ1v) is 8.44. The van der Waals surface area contributed by atoms with E-state index in [2.05, 4.69) is 0 Å². The van der Waals surface area contributed by atoms with Gasteiger partial charge in [0.15, 0.2) is 0 Å². The van der Waals surface area contributed by atoms with Crippen molar-refractivity contribution in [3.63, 3.8) is 0 Å². The lowest BCUT2D eigenvalue weighted by atomic mass is 10.1. The maximum Gasteiger partial charge on any atom is 0.243 e. The highest BCUT2D eigenvalue weighted by Gasteiger charge is 2.23. The molecule has 19 heavy (non-hydrogen) atoms. The van der Waals surface area contributed by atoms with Crippen LogP contribution in [-0.2, 0) is 15.9 Å². The van der Waals surface area contributed by atoms with E-state index >= 15 is 0 Å². The second kappa shape index (κ2) is 6.73. The van der Waals surface area contributed by atoms with Crippen molar-refractivity contribution in [2.75, 3.05) is 13.6 Å². The second-order valence-electron chi connectivity index (χ2n) is 4.86. The lowest BCUT2D eigenvalue weighted by Crippen LogP contribution is -2.28. The minimum Gasteiger partial charge on any atom is -0.207 e. The molecule has 0 saturated heterocycles. The Hall–Kier alpha value is -0.580. The average molecular weight is 304 g/mol. The first kappa shape index (κ1) is 16.5. The third-order valence-corrected chi connectivity index (χ3v) is 5.58. The van der Waals surface area contributed by atoms with Gasteiger partial charge in [-0.3, -0.25) is 0 Å². The number of nitrogens with zero attached hydrogens (tertiary/aromatic N) is 1. The van der Waals surface area contributed by atoms with Gasteiger partial charge in [-0.25, -0.2) is 12.7 Å². The van der Waals surface area contributed by atoms with Crippen LogP contribution in [0.4, 0.5) is 0 Å². The first-order chi connectivity index (χ1) is 8.84. The lowest BCUT2D eigenvalue weighted by Gasteiger charge is -2.19. The summed E-state index contributed by atoms with van der Waals surface area (Å²) >= 11 is 5.86. The third-order valence-electron chi connectivity index (χ3n) is 3.29. The molecular weight excluding hydrogens is 282 g/mol. The summed E-state index contributed by atoms with van der Waals surface area (Å²) in [7, 11) is -1.79. The Balaban J connectivity index is 3.21. The van der Waals surface area contributed by atoms with E-state index in [-0.39, 0.29) is 0 Å². The summed E-state index contributed by atoms with van der Waals surface area (Å²) in [5.74, 6) is 0.327. The number of benzene rings is 1. The molecule has 1 aromatic carbocycles. The van der Waals surface area contributed by atoms with E-state index in [4.69, 9.17) is 11.6 Å². The number of unbranched alkanes of at least 4 members (excludes halogenated alkanes) is 1. The molecule has 0 radical (unpaired) electrons. The van der Waals surface area contributed by atoms with Crippen molar-refractivity contribution >= 4 is 21.6 Å². The highest BCUT2D eigenvalue weighted by molar-refractivity contribution is 7.89. The van der Waals surface area contributed by atoms with Gasteiger partial charge in [0.25, 0.3) is 0 Å². The smallest absolute Gasteiger partial charge is 0.207 e. The van der Waals surface area contributed by atoms with Gasteiger partial charge >= 0.3 is 0 Å². The van der Waals surface area contributed by atoms with Gasteiger partial charge in [0.2, 0.25) is 10.0 Å². The predicted octanol–water partition coefficient (Wildman–Crippen LogP) is 3.46. The van der Waals surface area contributed by atoms with Crippen LogP contribution in [-0.4, -0.2) is 26.3 Å². The zero-order chi connectivity index (χ0) is 14.6. The number of halogens is 1. The number of hydrogen-bond acceptors (Lipinski definition) is 2. The van der Waals surface area contributed by atoms with Crippen molar-refractivity contribution in [3.05, 3.63) is 28.8 Å². The molecule has 0 bridgehead atoms. The minimum absolute atomic E-state index is 0.327. The normalized spacial score (nSPS) is 12.1. The molecule has 5 heteroatoms. The first-order valence-electron chi connectivity index (χ1n) is 6.47. The Labute approximate surface area is 121 Å². The lowest BCUT2D eigenvalue weighted by molar-refractivity contribution is 0.459. The van der Waals surface area contributed by atoms with Gasteiger partial charge in [-0.15, -0.1) is 11.6 Å². The summed E-state index contributed by atoms with van der Waals surface area (Å²) in [6.07, 6.45) is 1.84. The summed E-state index contributed by atoms with van der Waals surface area (Å²) < 4.78 is 26.5. The molecular formula is C14H22ClNO2S. The van der Waals surface area contributed by atoms with E-state index in [0.29, 0.717) is 17.3 Å². The maximum absolute atomic E-state index is 12.5. The minimum atomic E-state index is -3.42. The largest absolute Gasteiger partial charge is 0.243 e. The van der Waals surface area contributed by atoms with Crippen molar-refractivity contribution in [1.82, 2.24) is 4.31 Å². The van der Waals surface area contributed by atoms with Gasteiger partial charge in [-0.1, -0.05) is 19.4 Å². The van der Waals surface area contributed by atoms with Gasteiger partial charge in [0.1, 0.15) is 0 Å². The van der Waals surface area contributed by atoms with Crippen LogP contribution in [0.2, 0.25) is 0 Å². The molecule has 0 fully saturated rings. The Kier molecular flexibility index (Phi) is 5.83. The van der Waals surface area contributed by atoms with E-state index in [0.717, 1.165) is 29.5 Å². The van der Waals surface area contributed by atoms with Crippen molar-refractivity contribution in [3.8, 4) is 0 Å². The SMILES string of the molecule is CCCCN(C)S(=O)(=O)c1cc(CCl)c(C)cc1C. The quantitative estimate of drug-likeness (QED) is 0.755. The van der Waals surface area contributed by atoms with Gasteiger partial charge in [-0.2, -0.15) is 0 Å². The molecule has 0 aliphatic heterocycles. The molecule has 108 valence electrons. The summed E-state index contributed by atoms with van der Waals surface area (Å²) in [4.78, 5) is 0.368. The fourth-order valence-electron chi connectivity index (χ4n) is 1.97. The molecule has 0 heterocycles. The molecule has 0 aliphatic carbocycles. The summed E-state index contributed by atoms with van der Waals surface area (Å²) in [6.45, 7) is 6.36. The molecule has 0 atom stereocenters. The molecule has 0 spiro atoms. The fraction of sp³-hybridized carbons (Fsp3) is 0.571. The zero-order valence-corrected chi connectivity index (χ0v) is 13.6. The number of hydrogen-bond donors (Lipinski definition) is 0. The molecule has 1 aromatic rings. The van der Waals surface area contributed by atoms with Gasteiger partial charge < -0.3 is 0 Å². The van der Waals surface area contributed by atoms with Crippen molar-refractivity contribution < 1.29 is 8.42 Å². The Morgan fingerprint density at radius 1 is 1.21 bits per heavy atom. The van der Waals surface area contributed by atoms with Crippen LogP contribution in [0, 0.1) is 13.8 Å². The van der Waals surface area contributed by atoms with E-state index in [1.165, 1.54) is 4.31 Å². The Bertz CT molecular complexity index is 541. The highest BCUT2D eigenvalue weighted by Crippen LogP contribution is 2.24. The number of aryl methyl sites for hydroxylation is 2. The van der Waals surface area contributed by atoms with Crippen LogP contribution in [0.15, 0.2) is 17.0 Å². The highest BCUT2D eigenvalue weighted by atomic mass is 35.5. The van der Waals surface area contributed by atoms with Crippen LogP contribution < -0.4 is 0 Å². The standard InChI is InChI=1S/C14H22ClNO2S/c1-5-6-7-16(4)19(17,18)14-9-13(10-15)11(2)8-12(14)3/h8-9H,5-7,10H2,1-4H3. The van der Waals surface area contributed by atoms with Gasteiger partial charge in [0, 0.05) is 19.5 Å². The Morgan fingerprint density at radius 3 is 2.37 bits per heavy atom. The van der Waals surface area contributed by atoms with Crippen molar-refractivity contribution in [2.24, 2.45) is 0 Å². The van der Waals surface area contributed by atoms with E-state index < -0.39 is 10.0 Å². The zero-order valence-electron chi connectivity index (χ0n) is 12.0. The molecule has 3 nitrogen and oxygen atoms in total. The summed E-state index contributed by atoms with van der Waals surface area (Å²) in [5, 5.41) is 0. The van der Waals surface area contributed by atoms with Crippen LogP contribution >= 0.6 is 11.6 Å². The molecule has 0 saturated carbocycles. The van der Waals surface area contributed by atoms with Crippen LogP contribution in [0.5, 0.6) is 0 Å². The van der Waals surface area contributed by atoms with Crippen LogP contribution in [0.25, 0.3) is 0 Å².